The van der Waals surface area contributed by atoms with E-state index in [1.165, 1.54) is 22.9 Å². The van der Waals surface area contributed by atoms with Crippen LogP contribution in [-0.4, -0.2) is 24.1 Å². The fourth-order valence-electron chi connectivity index (χ4n) is 1.64. The summed E-state index contributed by atoms with van der Waals surface area (Å²) in [6, 6.07) is 4.96. The number of halogens is 1. The number of aromatic nitrogens is 2. The summed E-state index contributed by atoms with van der Waals surface area (Å²) in [7, 11) is -3.87. The largest absolute Gasteiger partial charge is 0.323 e. The number of amides is 1. The second kappa shape index (κ2) is 5.84. The molecule has 0 aliphatic heterocycles. The number of hydrogen-bond acceptors (Lipinski definition) is 4. The normalized spacial score (nSPS) is 12.9. The minimum atomic E-state index is -3.87. The second-order valence-electron chi connectivity index (χ2n) is 4.34. The lowest BCUT2D eigenvalue weighted by molar-refractivity contribution is -0.119. The molecule has 1 aromatic heterocycles. The first kappa shape index (κ1) is 15.5. The van der Waals surface area contributed by atoms with E-state index in [0.29, 0.717) is 0 Å². The maximum atomic E-state index is 12.1. The molecule has 0 aliphatic carbocycles. The van der Waals surface area contributed by atoms with E-state index < -0.39 is 16.1 Å². The molecule has 0 saturated heterocycles. The summed E-state index contributed by atoms with van der Waals surface area (Å²) in [6.07, 6.45) is 3.20. The van der Waals surface area contributed by atoms with Gasteiger partial charge in [0, 0.05) is 12.4 Å². The highest BCUT2D eigenvalue weighted by molar-refractivity contribution is 7.89. The maximum absolute atomic E-state index is 12.1. The third kappa shape index (κ3) is 3.60. The van der Waals surface area contributed by atoms with E-state index in [4.69, 9.17) is 16.7 Å². The Morgan fingerprint density at radius 3 is 2.76 bits per heavy atom. The standard InChI is InChI=1S/C12H13ClN4O3S/c1-8(17-6-2-5-15-17)12(18)16-11-7-9(21(14,19)20)3-4-10(11)13/h2-8H,1H3,(H,16,18)(H2,14,19,20). The number of nitrogens with two attached hydrogens (primary N) is 1. The number of rotatable bonds is 4. The molecule has 2 aromatic rings. The highest BCUT2D eigenvalue weighted by Crippen LogP contribution is 2.25. The lowest BCUT2D eigenvalue weighted by Gasteiger charge is -2.14. The van der Waals surface area contributed by atoms with Gasteiger partial charge in [-0.05, 0) is 31.2 Å². The van der Waals surface area contributed by atoms with Crippen molar-refractivity contribution in [1.29, 1.82) is 0 Å². The van der Waals surface area contributed by atoms with Crippen molar-refractivity contribution in [2.45, 2.75) is 17.9 Å². The number of primary sulfonamides is 1. The predicted octanol–water partition coefficient (Wildman–Crippen LogP) is 1.38. The van der Waals surface area contributed by atoms with Crippen molar-refractivity contribution in [2.24, 2.45) is 5.14 Å². The Morgan fingerprint density at radius 2 is 2.19 bits per heavy atom. The van der Waals surface area contributed by atoms with Crippen LogP contribution in [0.5, 0.6) is 0 Å². The summed E-state index contributed by atoms with van der Waals surface area (Å²) in [5.41, 5.74) is 0.173. The number of anilines is 1. The first-order valence-corrected chi connectivity index (χ1v) is 7.84. The Hall–Kier alpha value is -1.90. The Balaban J connectivity index is 2.25. The fraction of sp³-hybridized carbons (Fsp3) is 0.167. The molecule has 112 valence electrons. The molecule has 2 rings (SSSR count). The lowest BCUT2D eigenvalue weighted by atomic mass is 10.2. The van der Waals surface area contributed by atoms with Crippen molar-refractivity contribution >= 4 is 33.2 Å². The number of nitrogens with zero attached hydrogens (tertiary/aromatic N) is 2. The van der Waals surface area contributed by atoms with Crippen LogP contribution < -0.4 is 10.5 Å². The van der Waals surface area contributed by atoms with Gasteiger partial charge in [0.05, 0.1) is 15.6 Å². The molecular formula is C12H13ClN4O3S. The van der Waals surface area contributed by atoms with Gasteiger partial charge in [0.25, 0.3) is 0 Å². The van der Waals surface area contributed by atoms with Crippen LogP contribution in [0.1, 0.15) is 13.0 Å². The predicted molar refractivity (Wildman–Crippen MR) is 78.4 cm³/mol. The third-order valence-corrected chi connectivity index (χ3v) is 4.07. The zero-order valence-electron chi connectivity index (χ0n) is 11.0. The molecule has 1 amide bonds. The van der Waals surface area contributed by atoms with Crippen molar-refractivity contribution in [1.82, 2.24) is 9.78 Å². The highest BCUT2D eigenvalue weighted by atomic mass is 35.5. The zero-order chi connectivity index (χ0) is 15.6. The molecule has 7 nitrogen and oxygen atoms in total. The molecule has 1 atom stereocenters. The Kier molecular flexibility index (Phi) is 4.31. The molecule has 0 bridgehead atoms. The van der Waals surface area contributed by atoms with E-state index >= 15 is 0 Å². The van der Waals surface area contributed by atoms with Crippen LogP contribution in [-0.2, 0) is 14.8 Å². The van der Waals surface area contributed by atoms with Crippen LogP contribution in [0, 0.1) is 0 Å². The zero-order valence-corrected chi connectivity index (χ0v) is 12.6. The molecule has 0 fully saturated rings. The van der Waals surface area contributed by atoms with Crippen molar-refractivity contribution in [3.05, 3.63) is 41.7 Å². The summed E-state index contributed by atoms with van der Waals surface area (Å²) in [5.74, 6) is -0.382. The SMILES string of the molecule is CC(C(=O)Nc1cc(S(N)(=O)=O)ccc1Cl)n1cccn1. The van der Waals surface area contributed by atoms with Crippen LogP contribution in [0.4, 0.5) is 5.69 Å². The monoisotopic (exact) mass is 328 g/mol. The van der Waals surface area contributed by atoms with Crippen LogP contribution in [0.25, 0.3) is 0 Å². The average molecular weight is 329 g/mol. The van der Waals surface area contributed by atoms with Gasteiger partial charge >= 0.3 is 0 Å². The molecule has 3 N–H and O–H groups in total. The van der Waals surface area contributed by atoms with Gasteiger partial charge in [0.2, 0.25) is 15.9 Å². The molecule has 0 aliphatic rings. The Labute approximate surface area is 126 Å². The minimum absolute atomic E-state index is 0.131. The molecule has 0 saturated carbocycles. The van der Waals surface area contributed by atoms with Crippen molar-refractivity contribution < 1.29 is 13.2 Å². The summed E-state index contributed by atoms with van der Waals surface area (Å²) in [4.78, 5) is 12.0. The summed E-state index contributed by atoms with van der Waals surface area (Å²) >= 11 is 5.95. The number of nitrogens with one attached hydrogen (secondary N) is 1. The molecule has 1 aromatic carbocycles. The van der Waals surface area contributed by atoms with Crippen molar-refractivity contribution in [3.8, 4) is 0 Å². The fourth-order valence-corrected chi connectivity index (χ4v) is 2.35. The third-order valence-electron chi connectivity index (χ3n) is 2.83. The van der Waals surface area contributed by atoms with Gasteiger partial charge < -0.3 is 5.32 Å². The van der Waals surface area contributed by atoms with E-state index in [-0.39, 0.29) is 21.5 Å². The van der Waals surface area contributed by atoms with Gasteiger partial charge in [-0.25, -0.2) is 13.6 Å². The maximum Gasteiger partial charge on any atom is 0.248 e. The van der Waals surface area contributed by atoms with Gasteiger partial charge in [-0.3, -0.25) is 9.48 Å². The quantitative estimate of drug-likeness (QED) is 0.884. The van der Waals surface area contributed by atoms with E-state index in [1.54, 1.807) is 25.4 Å². The van der Waals surface area contributed by atoms with Gasteiger partial charge in [0.1, 0.15) is 6.04 Å². The van der Waals surface area contributed by atoms with Gasteiger partial charge in [-0.1, -0.05) is 11.6 Å². The molecule has 1 unspecified atom stereocenters. The van der Waals surface area contributed by atoms with Gasteiger partial charge in [-0.15, -0.1) is 0 Å². The number of hydrogen-bond donors (Lipinski definition) is 2. The minimum Gasteiger partial charge on any atom is -0.323 e. The van der Waals surface area contributed by atoms with Crippen LogP contribution in [0.3, 0.4) is 0 Å². The smallest absolute Gasteiger partial charge is 0.248 e. The molecule has 1 heterocycles. The average Bonchev–Trinajstić information content (AvgIpc) is 2.92. The van der Waals surface area contributed by atoms with E-state index in [0.717, 1.165) is 0 Å². The van der Waals surface area contributed by atoms with E-state index in [2.05, 4.69) is 10.4 Å². The Bertz CT molecular complexity index is 759. The molecule has 0 radical (unpaired) electrons. The lowest BCUT2D eigenvalue weighted by Crippen LogP contribution is -2.24. The van der Waals surface area contributed by atoms with Crippen LogP contribution in [0.2, 0.25) is 5.02 Å². The first-order chi connectivity index (χ1) is 9.79. The van der Waals surface area contributed by atoms with E-state index in [1.807, 2.05) is 0 Å². The summed E-state index contributed by atoms with van der Waals surface area (Å²) < 4.78 is 24.1. The Morgan fingerprint density at radius 1 is 1.48 bits per heavy atom. The van der Waals surface area contributed by atoms with Crippen molar-refractivity contribution in [2.75, 3.05) is 5.32 Å². The molecule has 0 spiro atoms. The topological polar surface area (TPSA) is 107 Å². The molecule has 21 heavy (non-hydrogen) atoms. The van der Waals surface area contributed by atoms with Crippen LogP contribution in [0.15, 0.2) is 41.6 Å². The first-order valence-electron chi connectivity index (χ1n) is 5.91. The van der Waals surface area contributed by atoms with E-state index in [9.17, 15) is 13.2 Å². The van der Waals surface area contributed by atoms with Gasteiger partial charge in [0.15, 0.2) is 0 Å². The summed E-state index contributed by atoms with van der Waals surface area (Å²) in [5, 5.41) is 11.8. The highest BCUT2D eigenvalue weighted by Gasteiger charge is 2.18. The number of carbonyl (C=O) groups excluding carboxylic acids is 1. The second-order valence-corrected chi connectivity index (χ2v) is 6.31. The number of carbonyl (C=O) groups is 1. The number of sulfonamides is 1. The molecular weight excluding hydrogens is 316 g/mol. The number of benzene rings is 1. The van der Waals surface area contributed by atoms with Gasteiger partial charge in [-0.2, -0.15) is 5.10 Å². The van der Waals surface area contributed by atoms with Crippen LogP contribution >= 0.6 is 11.6 Å². The molecule has 9 heteroatoms. The van der Waals surface area contributed by atoms with Crippen molar-refractivity contribution in [3.63, 3.8) is 0 Å². The summed E-state index contributed by atoms with van der Waals surface area (Å²) in [6.45, 7) is 1.65.